The van der Waals surface area contributed by atoms with Crippen LogP contribution in [0.4, 0.5) is 0 Å². The van der Waals surface area contributed by atoms with E-state index in [9.17, 15) is 0 Å². The fraction of sp³-hybridized carbons (Fsp3) is 0.152. The largest absolute Gasteiger partial charge is 0.147 e. The summed E-state index contributed by atoms with van der Waals surface area (Å²) in [6.07, 6.45) is 8.69. The van der Waals surface area contributed by atoms with Gasteiger partial charge in [0.05, 0.1) is 0 Å². The summed E-state index contributed by atoms with van der Waals surface area (Å²) in [5, 5.41) is 0. The quantitative estimate of drug-likeness (QED) is 0.215. The molecule has 40 heavy (non-hydrogen) atoms. The van der Waals surface area contributed by atoms with Gasteiger partial charge in [0.15, 0.2) is 0 Å². The number of benzene rings is 4. The van der Waals surface area contributed by atoms with Crippen molar-refractivity contribution in [3.8, 4) is 28.4 Å². The third-order valence-electron chi connectivity index (χ3n) is 8.60. The Morgan fingerprint density at radius 1 is 0.725 bits per heavy atom. The molecule has 0 bridgehead atoms. The number of methoxy groups -OCH3 is 3. The minimum Gasteiger partial charge on any atom is -0.147 e. The zero-order valence-electron chi connectivity index (χ0n) is 23.0. The molecule has 0 aromatic heterocycles. The molecule has 0 aliphatic heterocycles. The number of halogens is 2. The van der Waals surface area contributed by atoms with E-state index >= 15 is 0 Å². The van der Waals surface area contributed by atoms with Gasteiger partial charge in [0, 0.05) is 0 Å². The SMILES string of the molecule is COc1ccc2c(c1)Cc1c-2cc(OC)c(OC)[c]1[Zr](=[SiH2])([C]1=CC=CC1)([c]1ccccc1)[c]1ccccc1.Cl.Cl. The Kier molecular flexibility index (Phi) is 8.92. The van der Waals surface area contributed by atoms with Gasteiger partial charge in [-0.3, -0.25) is 0 Å². The molecule has 0 saturated carbocycles. The maximum Gasteiger partial charge on any atom is -0.147 e. The van der Waals surface area contributed by atoms with Crippen LogP contribution in [0.2, 0.25) is 0 Å². The van der Waals surface area contributed by atoms with E-state index in [4.69, 9.17) is 14.2 Å². The van der Waals surface area contributed by atoms with Crippen molar-refractivity contribution in [2.24, 2.45) is 0 Å². The van der Waals surface area contributed by atoms with E-state index in [0.29, 0.717) is 0 Å². The van der Waals surface area contributed by atoms with Crippen LogP contribution in [-0.2, 0) is 23.8 Å². The number of hydrogen-bond acceptors (Lipinski definition) is 3. The standard InChI is InChI=1S/C16H15O3.2C6H5.C5H5.2ClH.H2Si.Zr/c1-17-12-4-5-13-10(7-12)6-11-8-15(18-2)16(19-3)9-14(11)13;2*1-2-4-6-5-3-1;1-2-4-5-3-1;;;;/h4-5,7,9H,6H2,1-3H3;2*1-5H;1-3H,4H2;2*1H;1H2;. The number of allylic oxidation sites excluding steroid dienone is 4. The van der Waals surface area contributed by atoms with Gasteiger partial charge in [-0.15, -0.1) is 24.8 Å². The molecule has 0 heterocycles. The molecule has 2 aliphatic rings. The van der Waals surface area contributed by atoms with Crippen LogP contribution < -0.4 is 24.0 Å². The molecule has 6 rings (SSSR count). The second kappa shape index (κ2) is 11.7. The van der Waals surface area contributed by atoms with Crippen LogP contribution in [0, 0.1) is 0 Å². The Bertz CT molecular complexity index is 1640. The summed E-state index contributed by atoms with van der Waals surface area (Å²) >= 11 is -4.60. The predicted octanol–water partition coefficient (Wildman–Crippen LogP) is 5.49. The second-order valence-corrected chi connectivity index (χ2v) is 31.4. The molecule has 4 aromatic rings. The van der Waals surface area contributed by atoms with Gasteiger partial charge in [-0.2, -0.15) is 0 Å². The third-order valence-corrected chi connectivity index (χ3v) is 34.5. The number of fused-ring (bicyclic) bond motifs is 3. The molecule has 0 fully saturated rings. The first kappa shape index (κ1) is 30.4. The first-order chi connectivity index (χ1) is 18.5. The van der Waals surface area contributed by atoms with E-state index in [0.717, 1.165) is 30.1 Å². The van der Waals surface area contributed by atoms with Gasteiger partial charge in [-0.1, -0.05) is 0 Å². The van der Waals surface area contributed by atoms with Crippen molar-refractivity contribution in [1.29, 1.82) is 0 Å². The topological polar surface area (TPSA) is 27.7 Å². The first-order valence-electron chi connectivity index (χ1n) is 13.0. The summed E-state index contributed by atoms with van der Waals surface area (Å²) < 4.78 is 23.8. The summed E-state index contributed by atoms with van der Waals surface area (Å²) in [5.41, 5.74) is 5.12. The molecular weight excluding hydrogens is 635 g/mol. The molecule has 0 atom stereocenters. The number of rotatable bonds is 7. The summed E-state index contributed by atoms with van der Waals surface area (Å²) in [6.45, 7) is 2.27. The fourth-order valence-corrected chi connectivity index (χ4v) is 29.3. The minimum atomic E-state index is -4.60. The van der Waals surface area contributed by atoms with Crippen LogP contribution in [0.25, 0.3) is 11.1 Å². The van der Waals surface area contributed by atoms with Crippen molar-refractivity contribution in [3.63, 3.8) is 0 Å². The van der Waals surface area contributed by atoms with Crippen LogP contribution in [0.3, 0.4) is 0 Å². The molecule has 0 radical (unpaired) electrons. The molecule has 2 aliphatic carbocycles. The van der Waals surface area contributed by atoms with Gasteiger partial charge in [-0.05, 0) is 0 Å². The van der Waals surface area contributed by atoms with E-state index in [-0.39, 0.29) is 24.8 Å². The van der Waals surface area contributed by atoms with Gasteiger partial charge < -0.3 is 0 Å². The van der Waals surface area contributed by atoms with E-state index in [2.05, 4.69) is 110 Å². The van der Waals surface area contributed by atoms with Crippen LogP contribution in [0.15, 0.2) is 106 Å². The monoisotopic (exact) mass is 666 g/mol. The van der Waals surface area contributed by atoms with E-state index in [1.807, 2.05) is 0 Å². The molecule has 0 unspecified atom stereocenters. The Morgan fingerprint density at radius 3 is 1.90 bits per heavy atom. The van der Waals surface area contributed by atoms with Crippen molar-refractivity contribution in [1.82, 2.24) is 0 Å². The molecule has 7 heteroatoms. The molecule has 0 saturated heterocycles. The molecule has 4 aromatic carbocycles. The summed E-state index contributed by atoms with van der Waals surface area (Å²) in [6, 6.07) is 31.0. The Morgan fingerprint density at radius 2 is 1.38 bits per heavy atom. The van der Waals surface area contributed by atoms with E-state index in [1.165, 1.54) is 35.3 Å². The smallest absolute Gasteiger partial charge is 0.147 e. The van der Waals surface area contributed by atoms with Crippen molar-refractivity contribution < 1.29 is 31.6 Å². The Balaban J connectivity index is 0.00000185. The van der Waals surface area contributed by atoms with Crippen molar-refractivity contribution in [2.75, 3.05) is 21.3 Å². The Labute approximate surface area is 251 Å². The van der Waals surface area contributed by atoms with Gasteiger partial charge in [0.25, 0.3) is 0 Å². The minimum absolute atomic E-state index is 0. The zero-order chi connectivity index (χ0) is 26.4. The van der Waals surface area contributed by atoms with Crippen molar-refractivity contribution in [2.45, 2.75) is 12.8 Å². The number of hydrogen-bond donors (Lipinski definition) is 0. The molecule has 0 N–H and O–H groups in total. The second-order valence-electron chi connectivity index (χ2n) is 10.2. The maximum atomic E-state index is 6.37. The summed E-state index contributed by atoms with van der Waals surface area (Å²) in [4.78, 5) is 0. The molecule has 0 spiro atoms. The predicted molar refractivity (Wildman–Crippen MR) is 171 cm³/mol. The zero-order valence-corrected chi connectivity index (χ0v) is 28.5. The normalized spacial score (nSPS) is 13.3. The summed E-state index contributed by atoms with van der Waals surface area (Å²) in [7, 11) is 5.27. The van der Waals surface area contributed by atoms with Gasteiger partial charge >= 0.3 is 228 Å². The molecule has 0 amide bonds. The summed E-state index contributed by atoms with van der Waals surface area (Å²) in [5.74, 6) is 2.54. The van der Waals surface area contributed by atoms with E-state index < -0.39 is 17.4 Å². The molecular formula is C33H34Cl2O3SiZr. The van der Waals surface area contributed by atoms with Gasteiger partial charge in [0.2, 0.25) is 0 Å². The fourth-order valence-electron chi connectivity index (χ4n) is 6.79. The number of ether oxygens (including phenoxy) is 3. The van der Waals surface area contributed by atoms with E-state index in [1.54, 1.807) is 21.3 Å². The van der Waals surface area contributed by atoms with Crippen molar-refractivity contribution in [3.05, 3.63) is 118 Å². The molecule has 3 nitrogen and oxygen atoms in total. The average molecular weight is 669 g/mol. The molecule has 206 valence electrons. The third kappa shape index (κ3) is 4.25. The van der Waals surface area contributed by atoms with Gasteiger partial charge in [-0.25, -0.2) is 0 Å². The average Bonchev–Trinajstić information content (AvgIpc) is 3.65. The van der Waals surface area contributed by atoms with Crippen molar-refractivity contribution >= 4 is 41.5 Å². The first-order valence-corrected chi connectivity index (χ1v) is 23.8. The Hall–Kier alpha value is -2.56. The van der Waals surface area contributed by atoms with Crippen LogP contribution in [0.1, 0.15) is 17.5 Å². The maximum absolute atomic E-state index is 6.37. The van der Waals surface area contributed by atoms with Gasteiger partial charge in [0.1, 0.15) is 0 Å². The van der Waals surface area contributed by atoms with Crippen LogP contribution in [0.5, 0.6) is 17.2 Å². The van der Waals surface area contributed by atoms with Crippen LogP contribution >= 0.6 is 24.8 Å². The van der Waals surface area contributed by atoms with Crippen LogP contribution in [-0.4, -0.2) is 28.2 Å².